The fourth-order valence-corrected chi connectivity index (χ4v) is 4.79. The molecule has 1 aromatic carbocycles. The van der Waals surface area contributed by atoms with Crippen LogP contribution in [0.1, 0.15) is 50.1 Å². The number of alkyl halides is 3. The topological polar surface area (TPSA) is 74.5 Å². The molecule has 1 amide bonds. The zero-order chi connectivity index (χ0) is 23.9. The van der Waals surface area contributed by atoms with E-state index in [9.17, 15) is 18.0 Å². The normalized spacial score (nSPS) is 21.1. The van der Waals surface area contributed by atoms with Gasteiger partial charge in [-0.2, -0.15) is 18.2 Å². The van der Waals surface area contributed by atoms with Gasteiger partial charge >= 0.3 is 6.18 Å². The van der Waals surface area contributed by atoms with E-state index in [1.165, 1.54) is 37.8 Å². The van der Waals surface area contributed by atoms with E-state index in [0.29, 0.717) is 30.3 Å². The fourth-order valence-electron chi connectivity index (χ4n) is 4.79. The first-order chi connectivity index (χ1) is 16.3. The van der Waals surface area contributed by atoms with Crippen LogP contribution in [0, 0.1) is 11.8 Å². The number of halogens is 3. The highest BCUT2D eigenvalue weighted by Crippen LogP contribution is 2.44. The quantitative estimate of drug-likeness (QED) is 0.625. The lowest BCUT2D eigenvalue weighted by Crippen LogP contribution is -2.51. The van der Waals surface area contributed by atoms with E-state index in [4.69, 9.17) is 4.52 Å². The highest BCUT2D eigenvalue weighted by molar-refractivity contribution is 5.78. The van der Waals surface area contributed by atoms with Gasteiger partial charge in [-0.15, -0.1) is 0 Å². The smallest absolute Gasteiger partial charge is 0.352 e. The molecule has 1 saturated heterocycles. The molecule has 3 aliphatic rings. The molecular weight excluding hydrogens is 447 g/mol. The summed E-state index contributed by atoms with van der Waals surface area (Å²) in [4.78, 5) is 21.3. The number of amides is 1. The summed E-state index contributed by atoms with van der Waals surface area (Å²) >= 11 is 0. The molecule has 0 bridgehead atoms. The summed E-state index contributed by atoms with van der Waals surface area (Å²) in [5, 5.41) is 7.18. The number of aromatic nitrogens is 2. The second kappa shape index (κ2) is 9.30. The molecule has 3 fully saturated rings. The molecule has 1 unspecified atom stereocenters. The van der Waals surface area contributed by atoms with Gasteiger partial charge in [-0.25, -0.2) is 0 Å². The number of carbonyl (C=O) groups is 1. The third kappa shape index (κ3) is 5.43. The average Bonchev–Trinajstić information content (AvgIpc) is 3.75. The van der Waals surface area contributed by atoms with E-state index in [-0.39, 0.29) is 23.3 Å². The van der Waals surface area contributed by atoms with Crippen LogP contribution >= 0.6 is 0 Å². The molecule has 2 aliphatic carbocycles. The van der Waals surface area contributed by atoms with E-state index >= 15 is 0 Å². The first-order valence-corrected chi connectivity index (χ1v) is 12.0. The Kier molecular flexibility index (Phi) is 6.37. The summed E-state index contributed by atoms with van der Waals surface area (Å²) in [6.07, 6.45) is 0.530. The third-order valence-electron chi connectivity index (χ3n) is 7.16. The fraction of sp³-hybridized carbons (Fsp3) is 0.625. The van der Waals surface area contributed by atoms with Crippen LogP contribution in [-0.2, 0) is 11.0 Å². The summed E-state index contributed by atoms with van der Waals surface area (Å²) < 4.78 is 44.4. The van der Waals surface area contributed by atoms with Gasteiger partial charge in [0.05, 0.1) is 18.2 Å². The number of benzene rings is 1. The highest BCUT2D eigenvalue weighted by atomic mass is 19.4. The van der Waals surface area contributed by atoms with Gasteiger partial charge in [-0.3, -0.25) is 14.6 Å². The SMILES string of the molecule is CC(c1nc(-c2cccc(C(F)(F)F)c2)no1)N1CCN(CC(=O)NC(C2CC2)C2CC2)CC1. The van der Waals surface area contributed by atoms with Crippen LogP contribution in [0.15, 0.2) is 28.8 Å². The summed E-state index contributed by atoms with van der Waals surface area (Å²) in [6.45, 7) is 5.35. The van der Waals surface area contributed by atoms with Crippen molar-refractivity contribution in [3.63, 3.8) is 0 Å². The predicted molar refractivity (Wildman–Crippen MR) is 119 cm³/mol. The van der Waals surface area contributed by atoms with Crippen molar-refractivity contribution in [3.05, 3.63) is 35.7 Å². The van der Waals surface area contributed by atoms with Gasteiger partial charge in [0.2, 0.25) is 17.6 Å². The number of nitrogens with one attached hydrogen (secondary N) is 1. The molecule has 2 aromatic rings. The van der Waals surface area contributed by atoms with Crippen molar-refractivity contribution in [2.45, 2.75) is 50.9 Å². The molecular formula is C24H30F3N5O2. The van der Waals surface area contributed by atoms with Gasteiger partial charge in [0.25, 0.3) is 0 Å². The molecule has 10 heteroatoms. The molecule has 0 radical (unpaired) electrons. The van der Waals surface area contributed by atoms with Gasteiger partial charge in [-0.05, 0) is 56.6 Å². The highest BCUT2D eigenvalue weighted by Gasteiger charge is 2.42. The molecule has 2 saturated carbocycles. The predicted octanol–water partition coefficient (Wildman–Crippen LogP) is 3.74. The van der Waals surface area contributed by atoms with E-state index in [2.05, 4.69) is 25.3 Å². The second-order valence-corrected chi connectivity index (χ2v) is 9.79. The molecule has 34 heavy (non-hydrogen) atoms. The Labute approximate surface area is 196 Å². The van der Waals surface area contributed by atoms with Gasteiger partial charge in [0, 0.05) is 37.8 Å². The number of rotatable bonds is 8. The van der Waals surface area contributed by atoms with Crippen molar-refractivity contribution >= 4 is 5.91 Å². The number of piperazine rings is 1. The number of carbonyl (C=O) groups excluding carboxylic acids is 1. The number of hydrogen-bond donors (Lipinski definition) is 1. The minimum Gasteiger partial charge on any atom is -0.352 e. The summed E-state index contributed by atoms with van der Waals surface area (Å²) in [7, 11) is 0. The van der Waals surface area contributed by atoms with Gasteiger partial charge < -0.3 is 9.84 Å². The summed E-state index contributed by atoms with van der Waals surface area (Å²) in [6, 6.07) is 5.12. The Hall–Kier alpha value is -2.46. The van der Waals surface area contributed by atoms with Crippen LogP contribution < -0.4 is 5.32 Å². The Morgan fingerprint density at radius 3 is 2.44 bits per heavy atom. The Morgan fingerprint density at radius 2 is 1.82 bits per heavy atom. The van der Waals surface area contributed by atoms with Crippen LogP contribution in [0.5, 0.6) is 0 Å². The Bertz CT molecular complexity index is 998. The maximum absolute atomic E-state index is 13.0. The van der Waals surface area contributed by atoms with Gasteiger partial charge in [-0.1, -0.05) is 17.3 Å². The minimum atomic E-state index is -4.43. The maximum atomic E-state index is 13.0. The first kappa shape index (κ1) is 23.3. The van der Waals surface area contributed by atoms with Crippen molar-refractivity contribution in [2.75, 3.05) is 32.7 Å². The molecule has 1 aliphatic heterocycles. The monoisotopic (exact) mass is 477 g/mol. The minimum absolute atomic E-state index is 0.118. The van der Waals surface area contributed by atoms with E-state index in [1.54, 1.807) is 0 Å². The van der Waals surface area contributed by atoms with E-state index in [1.807, 2.05) is 6.92 Å². The summed E-state index contributed by atoms with van der Waals surface area (Å²) in [5.41, 5.74) is -0.478. The van der Waals surface area contributed by atoms with Crippen LogP contribution in [0.4, 0.5) is 13.2 Å². The zero-order valence-electron chi connectivity index (χ0n) is 19.2. The maximum Gasteiger partial charge on any atom is 0.416 e. The van der Waals surface area contributed by atoms with Crippen LogP contribution in [0.25, 0.3) is 11.4 Å². The second-order valence-electron chi connectivity index (χ2n) is 9.79. The van der Waals surface area contributed by atoms with Crippen molar-refractivity contribution in [1.82, 2.24) is 25.3 Å². The lowest BCUT2D eigenvalue weighted by Gasteiger charge is -2.36. The average molecular weight is 478 g/mol. The standard InChI is InChI=1S/C24H30F3N5O2/c1-15(23-29-22(30-34-23)18-3-2-4-19(13-18)24(25,26)27)32-11-9-31(10-12-32)14-20(33)28-21(16-5-6-16)17-7-8-17/h2-4,13,15-17,21H,5-12,14H2,1H3,(H,28,33). The lowest BCUT2D eigenvalue weighted by atomic mass is 10.1. The van der Waals surface area contributed by atoms with Crippen molar-refractivity contribution < 1.29 is 22.5 Å². The van der Waals surface area contributed by atoms with Gasteiger partial charge in [0.1, 0.15) is 0 Å². The van der Waals surface area contributed by atoms with Crippen LogP contribution in [0.2, 0.25) is 0 Å². The number of nitrogens with zero attached hydrogens (tertiary/aromatic N) is 4. The zero-order valence-corrected chi connectivity index (χ0v) is 19.2. The molecule has 1 aromatic heterocycles. The lowest BCUT2D eigenvalue weighted by molar-refractivity contribution is -0.137. The molecule has 184 valence electrons. The Morgan fingerprint density at radius 1 is 1.15 bits per heavy atom. The summed E-state index contributed by atoms with van der Waals surface area (Å²) in [5.74, 6) is 2.00. The van der Waals surface area contributed by atoms with Crippen LogP contribution in [0.3, 0.4) is 0 Å². The molecule has 7 nitrogen and oxygen atoms in total. The largest absolute Gasteiger partial charge is 0.416 e. The Balaban J connectivity index is 1.13. The van der Waals surface area contributed by atoms with Crippen LogP contribution in [-0.4, -0.2) is 64.6 Å². The van der Waals surface area contributed by atoms with Crippen molar-refractivity contribution in [3.8, 4) is 11.4 Å². The third-order valence-corrected chi connectivity index (χ3v) is 7.16. The molecule has 2 heterocycles. The number of hydrogen-bond acceptors (Lipinski definition) is 6. The molecule has 1 atom stereocenters. The van der Waals surface area contributed by atoms with E-state index in [0.717, 1.165) is 38.3 Å². The first-order valence-electron chi connectivity index (χ1n) is 12.0. The molecule has 0 spiro atoms. The van der Waals surface area contributed by atoms with E-state index < -0.39 is 11.7 Å². The van der Waals surface area contributed by atoms with Crippen molar-refractivity contribution in [2.24, 2.45) is 11.8 Å². The molecule has 5 rings (SSSR count). The van der Waals surface area contributed by atoms with Gasteiger partial charge in [0.15, 0.2) is 0 Å². The molecule has 1 N–H and O–H groups in total. The van der Waals surface area contributed by atoms with Crippen molar-refractivity contribution in [1.29, 1.82) is 0 Å².